The van der Waals surface area contributed by atoms with E-state index < -0.39 is 12.1 Å². The highest BCUT2D eigenvalue weighted by molar-refractivity contribution is 5.80. The number of rotatable bonds is 10. The quantitative estimate of drug-likeness (QED) is 0.710. The van der Waals surface area contributed by atoms with Gasteiger partial charge >= 0.3 is 5.97 Å². The number of carboxylic acids is 1. The van der Waals surface area contributed by atoms with Gasteiger partial charge in [0.1, 0.15) is 11.9 Å². The second kappa shape index (κ2) is 9.93. The Bertz CT molecular complexity index is 527. The topological polar surface area (TPSA) is 76.1 Å². The van der Waals surface area contributed by atoms with E-state index in [1.807, 2.05) is 12.1 Å². The minimum Gasteiger partial charge on any atom is -0.482 e. The van der Waals surface area contributed by atoms with E-state index in [1.165, 1.54) is 0 Å². The van der Waals surface area contributed by atoms with Crippen molar-refractivity contribution in [3.63, 3.8) is 0 Å². The number of carboxylic acid groups (broad SMARTS) is 1. The summed E-state index contributed by atoms with van der Waals surface area (Å²) in [6, 6.07) is 7.01. The fourth-order valence-corrected chi connectivity index (χ4v) is 2.05. The lowest BCUT2D eigenvalue weighted by atomic mass is 10.1. The van der Waals surface area contributed by atoms with Crippen LogP contribution in [0.15, 0.2) is 24.3 Å². The van der Waals surface area contributed by atoms with Crippen molar-refractivity contribution in [2.75, 3.05) is 20.3 Å². The maximum absolute atomic E-state index is 12.3. The van der Waals surface area contributed by atoms with E-state index in [1.54, 1.807) is 31.0 Å². The summed E-state index contributed by atoms with van der Waals surface area (Å²) >= 11 is 0. The van der Waals surface area contributed by atoms with Crippen LogP contribution in [-0.4, -0.2) is 48.2 Å². The van der Waals surface area contributed by atoms with Crippen LogP contribution in [0.1, 0.15) is 32.8 Å². The number of benzene rings is 1. The van der Waals surface area contributed by atoms with E-state index in [0.717, 1.165) is 12.0 Å². The fourth-order valence-electron chi connectivity index (χ4n) is 2.05. The summed E-state index contributed by atoms with van der Waals surface area (Å²) in [6.45, 7) is 6.66. The van der Waals surface area contributed by atoms with Crippen molar-refractivity contribution in [2.24, 2.45) is 5.92 Å². The minimum absolute atomic E-state index is 0.0649. The van der Waals surface area contributed by atoms with Crippen LogP contribution in [0.2, 0.25) is 0 Å². The van der Waals surface area contributed by atoms with E-state index in [0.29, 0.717) is 24.8 Å². The molecule has 6 nitrogen and oxygen atoms in total. The van der Waals surface area contributed by atoms with Crippen LogP contribution in [0.3, 0.4) is 0 Å². The zero-order valence-electron chi connectivity index (χ0n) is 14.8. The molecule has 1 aromatic carbocycles. The molecule has 0 fully saturated rings. The van der Waals surface area contributed by atoms with Crippen LogP contribution in [0.4, 0.5) is 0 Å². The average Bonchev–Trinajstić information content (AvgIpc) is 2.52. The maximum Gasteiger partial charge on any atom is 0.341 e. The van der Waals surface area contributed by atoms with Gasteiger partial charge in [-0.3, -0.25) is 4.79 Å². The molecule has 134 valence electrons. The Hall–Kier alpha value is -2.08. The first-order valence-corrected chi connectivity index (χ1v) is 8.09. The van der Waals surface area contributed by atoms with Gasteiger partial charge in [-0.05, 0) is 37.0 Å². The molecule has 24 heavy (non-hydrogen) atoms. The summed E-state index contributed by atoms with van der Waals surface area (Å²) < 4.78 is 10.7. The molecule has 0 saturated heterocycles. The molecule has 1 unspecified atom stereocenters. The first-order valence-electron chi connectivity index (χ1n) is 8.09. The molecule has 1 N–H and O–H groups in total. The van der Waals surface area contributed by atoms with Gasteiger partial charge in [-0.25, -0.2) is 4.79 Å². The summed E-state index contributed by atoms with van der Waals surface area (Å²) in [5, 5.41) is 8.57. The predicted octanol–water partition coefficient (Wildman–Crippen LogP) is 2.56. The van der Waals surface area contributed by atoms with Crippen LogP contribution in [0, 0.1) is 5.92 Å². The molecule has 0 aliphatic carbocycles. The Kier molecular flexibility index (Phi) is 8.26. The predicted molar refractivity (Wildman–Crippen MR) is 90.9 cm³/mol. The Labute approximate surface area is 143 Å². The molecule has 0 spiro atoms. The van der Waals surface area contributed by atoms with Gasteiger partial charge in [0.05, 0.1) is 0 Å². The third-order valence-electron chi connectivity index (χ3n) is 3.49. The zero-order valence-corrected chi connectivity index (χ0v) is 14.8. The molecule has 1 aromatic rings. The normalized spacial score (nSPS) is 12.0. The van der Waals surface area contributed by atoms with Crippen molar-refractivity contribution < 1.29 is 24.2 Å². The molecular weight excluding hydrogens is 310 g/mol. The van der Waals surface area contributed by atoms with Crippen molar-refractivity contribution in [1.29, 1.82) is 0 Å². The maximum atomic E-state index is 12.3. The first kappa shape index (κ1) is 20.0. The number of aliphatic carboxylic acids is 1. The molecule has 0 saturated carbocycles. The molecule has 0 bridgehead atoms. The molecule has 1 atom stereocenters. The number of ether oxygens (including phenoxy) is 2. The summed E-state index contributed by atoms with van der Waals surface area (Å²) in [4.78, 5) is 24.4. The van der Waals surface area contributed by atoms with Crippen LogP contribution in [-0.2, 0) is 20.9 Å². The second-order valence-corrected chi connectivity index (χ2v) is 6.22. The third-order valence-corrected chi connectivity index (χ3v) is 3.49. The van der Waals surface area contributed by atoms with Gasteiger partial charge in [0.25, 0.3) is 5.91 Å². The second-order valence-electron chi connectivity index (χ2n) is 6.22. The molecule has 6 heteroatoms. The zero-order chi connectivity index (χ0) is 18.1. The molecule has 0 aliphatic rings. The monoisotopic (exact) mass is 337 g/mol. The third kappa shape index (κ3) is 7.46. The van der Waals surface area contributed by atoms with Gasteiger partial charge in [-0.1, -0.05) is 26.0 Å². The standard InChI is InChI=1S/C18H27NO5/c1-13(2)9-10-23-14(3)18(22)19(4)11-15-5-7-16(8-6-15)24-12-17(20)21/h5-8,13-14H,9-12H2,1-4H3,(H,20,21). The molecule has 0 radical (unpaired) electrons. The smallest absolute Gasteiger partial charge is 0.341 e. The summed E-state index contributed by atoms with van der Waals surface area (Å²) in [5.41, 5.74) is 0.933. The summed E-state index contributed by atoms with van der Waals surface area (Å²) in [6.07, 6.45) is 0.464. The van der Waals surface area contributed by atoms with Crippen molar-refractivity contribution >= 4 is 11.9 Å². The number of amides is 1. The van der Waals surface area contributed by atoms with E-state index in [2.05, 4.69) is 13.8 Å². The molecule has 0 aromatic heterocycles. The average molecular weight is 337 g/mol. The molecule has 0 heterocycles. The molecular formula is C18H27NO5. The molecule has 1 amide bonds. The van der Waals surface area contributed by atoms with Gasteiger partial charge in [0.2, 0.25) is 0 Å². The van der Waals surface area contributed by atoms with Crippen molar-refractivity contribution in [2.45, 2.75) is 39.8 Å². The summed E-state index contributed by atoms with van der Waals surface area (Å²) in [5.74, 6) is -0.0479. The number of carbonyl (C=O) groups is 2. The highest BCUT2D eigenvalue weighted by Crippen LogP contribution is 2.14. The lowest BCUT2D eigenvalue weighted by Crippen LogP contribution is -2.36. The molecule has 0 aliphatic heterocycles. The van der Waals surface area contributed by atoms with Gasteiger partial charge in [0.15, 0.2) is 6.61 Å². The first-order chi connectivity index (χ1) is 11.3. The van der Waals surface area contributed by atoms with Crippen LogP contribution in [0.5, 0.6) is 5.75 Å². The molecule has 1 rings (SSSR count). The number of hydrogen-bond donors (Lipinski definition) is 1. The highest BCUT2D eigenvalue weighted by Gasteiger charge is 2.18. The van der Waals surface area contributed by atoms with Crippen molar-refractivity contribution in [3.05, 3.63) is 29.8 Å². The number of nitrogens with zero attached hydrogens (tertiary/aromatic N) is 1. The Morgan fingerprint density at radius 1 is 1.17 bits per heavy atom. The van der Waals surface area contributed by atoms with Crippen molar-refractivity contribution in [3.8, 4) is 5.75 Å². The Morgan fingerprint density at radius 3 is 2.33 bits per heavy atom. The Morgan fingerprint density at radius 2 is 1.79 bits per heavy atom. The van der Waals surface area contributed by atoms with Crippen LogP contribution >= 0.6 is 0 Å². The van der Waals surface area contributed by atoms with Crippen molar-refractivity contribution in [1.82, 2.24) is 4.90 Å². The lowest BCUT2D eigenvalue weighted by molar-refractivity contribution is -0.142. The van der Waals surface area contributed by atoms with Gasteiger partial charge < -0.3 is 19.5 Å². The largest absolute Gasteiger partial charge is 0.482 e. The number of likely N-dealkylation sites (N-methyl/N-ethyl adjacent to an activating group) is 1. The number of hydrogen-bond acceptors (Lipinski definition) is 4. The number of carbonyl (C=O) groups excluding carboxylic acids is 1. The SMILES string of the molecule is CC(C)CCOC(C)C(=O)N(C)Cc1ccc(OCC(=O)O)cc1. The van der Waals surface area contributed by atoms with Gasteiger partial charge in [-0.2, -0.15) is 0 Å². The van der Waals surface area contributed by atoms with E-state index in [-0.39, 0.29) is 12.5 Å². The van der Waals surface area contributed by atoms with E-state index >= 15 is 0 Å². The minimum atomic E-state index is -1.02. The Balaban J connectivity index is 2.46. The summed E-state index contributed by atoms with van der Waals surface area (Å²) in [7, 11) is 1.74. The van der Waals surface area contributed by atoms with Gasteiger partial charge in [-0.15, -0.1) is 0 Å². The fraction of sp³-hybridized carbons (Fsp3) is 0.556. The highest BCUT2D eigenvalue weighted by atomic mass is 16.5. The lowest BCUT2D eigenvalue weighted by Gasteiger charge is -2.22. The van der Waals surface area contributed by atoms with Crippen LogP contribution in [0.25, 0.3) is 0 Å². The van der Waals surface area contributed by atoms with E-state index in [4.69, 9.17) is 14.6 Å². The van der Waals surface area contributed by atoms with Gasteiger partial charge in [0, 0.05) is 20.2 Å². The van der Waals surface area contributed by atoms with Crippen LogP contribution < -0.4 is 4.74 Å². The van der Waals surface area contributed by atoms with E-state index in [9.17, 15) is 9.59 Å².